The Morgan fingerprint density at radius 2 is 1.90 bits per heavy atom. The van der Waals surface area contributed by atoms with E-state index in [9.17, 15) is 4.79 Å². The SMILES string of the molecule is CCNC(=O)CN1CCN(CCn2ccnc2CC)CC1. The van der Waals surface area contributed by atoms with Gasteiger partial charge in [-0.1, -0.05) is 6.92 Å². The molecular formula is C15H27N5O. The fraction of sp³-hybridized carbons (Fsp3) is 0.733. The van der Waals surface area contributed by atoms with Gasteiger partial charge in [0.25, 0.3) is 0 Å². The Hall–Kier alpha value is -1.40. The van der Waals surface area contributed by atoms with Crippen LogP contribution in [0.25, 0.3) is 0 Å². The number of nitrogens with zero attached hydrogens (tertiary/aromatic N) is 4. The maximum atomic E-state index is 11.6. The second-order valence-corrected chi connectivity index (χ2v) is 5.46. The largest absolute Gasteiger partial charge is 0.355 e. The topological polar surface area (TPSA) is 53.4 Å². The minimum absolute atomic E-state index is 0.136. The number of amides is 1. The monoisotopic (exact) mass is 293 g/mol. The van der Waals surface area contributed by atoms with Gasteiger partial charge in [0.2, 0.25) is 5.91 Å². The molecule has 21 heavy (non-hydrogen) atoms. The van der Waals surface area contributed by atoms with E-state index in [0.29, 0.717) is 13.1 Å². The Morgan fingerprint density at radius 1 is 1.19 bits per heavy atom. The van der Waals surface area contributed by atoms with E-state index in [4.69, 9.17) is 0 Å². The molecule has 0 radical (unpaired) electrons. The van der Waals surface area contributed by atoms with E-state index in [1.54, 1.807) is 0 Å². The smallest absolute Gasteiger partial charge is 0.234 e. The molecule has 6 heteroatoms. The van der Waals surface area contributed by atoms with Gasteiger partial charge in [0.15, 0.2) is 0 Å². The van der Waals surface area contributed by atoms with E-state index in [2.05, 4.69) is 37.8 Å². The summed E-state index contributed by atoms with van der Waals surface area (Å²) in [4.78, 5) is 20.6. The predicted molar refractivity (Wildman–Crippen MR) is 83.2 cm³/mol. The van der Waals surface area contributed by atoms with Gasteiger partial charge in [0.05, 0.1) is 6.54 Å². The van der Waals surface area contributed by atoms with E-state index < -0.39 is 0 Å². The van der Waals surface area contributed by atoms with Crippen LogP contribution in [-0.4, -0.2) is 71.1 Å². The molecule has 1 amide bonds. The maximum Gasteiger partial charge on any atom is 0.234 e. The predicted octanol–water partition coefficient (Wildman–Crippen LogP) is 0.199. The summed E-state index contributed by atoms with van der Waals surface area (Å²) in [6.45, 7) is 11.4. The van der Waals surface area contributed by atoms with Crippen molar-refractivity contribution >= 4 is 5.91 Å². The molecule has 1 fully saturated rings. The molecule has 0 aromatic carbocycles. The average molecular weight is 293 g/mol. The number of likely N-dealkylation sites (N-methyl/N-ethyl adjacent to an activating group) is 1. The number of piperazine rings is 1. The summed E-state index contributed by atoms with van der Waals surface area (Å²) in [7, 11) is 0. The molecule has 2 heterocycles. The second kappa shape index (κ2) is 8.14. The lowest BCUT2D eigenvalue weighted by molar-refractivity contribution is -0.122. The van der Waals surface area contributed by atoms with E-state index in [1.165, 1.54) is 0 Å². The Labute approximate surface area is 127 Å². The van der Waals surface area contributed by atoms with Crippen molar-refractivity contribution in [1.82, 2.24) is 24.7 Å². The summed E-state index contributed by atoms with van der Waals surface area (Å²) in [5.41, 5.74) is 0. The number of hydrogen-bond acceptors (Lipinski definition) is 4. The van der Waals surface area contributed by atoms with Gasteiger partial charge in [-0.3, -0.25) is 14.6 Å². The average Bonchev–Trinajstić information content (AvgIpc) is 2.94. The first-order chi connectivity index (χ1) is 10.2. The molecule has 118 valence electrons. The Morgan fingerprint density at radius 3 is 2.57 bits per heavy atom. The first-order valence-corrected chi connectivity index (χ1v) is 7.94. The molecule has 1 aliphatic heterocycles. The van der Waals surface area contributed by atoms with E-state index >= 15 is 0 Å². The highest BCUT2D eigenvalue weighted by Crippen LogP contribution is 2.04. The van der Waals surface area contributed by atoms with Crippen LogP contribution in [0.3, 0.4) is 0 Å². The van der Waals surface area contributed by atoms with Crippen molar-refractivity contribution < 1.29 is 4.79 Å². The van der Waals surface area contributed by atoms with Crippen molar-refractivity contribution in [3.05, 3.63) is 18.2 Å². The summed E-state index contributed by atoms with van der Waals surface area (Å²) in [5, 5.41) is 2.86. The number of aryl methyl sites for hydroxylation is 1. The van der Waals surface area contributed by atoms with Crippen LogP contribution in [0.15, 0.2) is 12.4 Å². The molecule has 0 atom stereocenters. The van der Waals surface area contributed by atoms with Gasteiger partial charge in [0, 0.05) is 64.6 Å². The quantitative estimate of drug-likeness (QED) is 0.780. The molecular weight excluding hydrogens is 266 g/mol. The summed E-state index contributed by atoms with van der Waals surface area (Å²) in [6.07, 6.45) is 4.92. The van der Waals surface area contributed by atoms with Crippen molar-refractivity contribution in [2.75, 3.05) is 45.8 Å². The van der Waals surface area contributed by atoms with Crippen LogP contribution >= 0.6 is 0 Å². The minimum atomic E-state index is 0.136. The normalized spacial score (nSPS) is 17.0. The summed E-state index contributed by atoms with van der Waals surface area (Å²) < 4.78 is 2.24. The Kier molecular flexibility index (Phi) is 6.20. The van der Waals surface area contributed by atoms with Crippen LogP contribution < -0.4 is 5.32 Å². The summed E-state index contributed by atoms with van der Waals surface area (Å²) in [5.74, 6) is 1.29. The number of nitrogens with one attached hydrogen (secondary N) is 1. The van der Waals surface area contributed by atoms with E-state index in [1.807, 2.05) is 13.1 Å². The first-order valence-electron chi connectivity index (χ1n) is 7.94. The molecule has 0 saturated carbocycles. The minimum Gasteiger partial charge on any atom is -0.355 e. The number of imidazole rings is 1. The highest BCUT2D eigenvalue weighted by atomic mass is 16.2. The number of carbonyl (C=O) groups excluding carboxylic acids is 1. The van der Waals surface area contributed by atoms with Crippen molar-refractivity contribution in [1.29, 1.82) is 0 Å². The molecule has 0 unspecified atom stereocenters. The highest BCUT2D eigenvalue weighted by molar-refractivity contribution is 5.77. The van der Waals surface area contributed by atoms with Gasteiger partial charge >= 0.3 is 0 Å². The molecule has 0 spiro atoms. The van der Waals surface area contributed by atoms with Crippen LogP contribution in [0.1, 0.15) is 19.7 Å². The van der Waals surface area contributed by atoms with E-state index in [-0.39, 0.29) is 5.91 Å². The zero-order valence-corrected chi connectivity index (χ0v) is 13.2. The summed E-state index contributed by atoms with van der Waals surface area (Å²) >= 11 is 0. The number of aromatic nitrogens is 2. The van der Waals surface area contributed by atoms with Crippen LogP contribution in [-0.2, 0) is 17.8 Å². The van der Waals surface area contributed by atoms with Crippen molar-refractivity contribution in [3.63, 3.8) is 0 Å². The number of hydrogen-bond donors (Lipinski definition) is 1. The Balaban J connectivity index is 1.68. The van der Waals surface area contributed by atoms with Crippen LogP contribution in [0.4, 0.5) is 0 Å². The van der Waals surface area contributed by atoms with Gasteiger partial charge < -0.3 is 9.88 Å². The standard InChI is InChI=1S/C15H27N5O/c1-3-14-17-5-6-20(14)12-11-18-7-9-19(10-8-18)13-15(21)16-4-2/h5-6H,3-4,7-13H2,1-2H3,(H,16,21). The molecule has 1 aliphatic rings. The third-order valence-corrected chi connectivity index (χ3v) is 3.98. The molecule has 0 bridgehead atoms. The van der Waals surface area contributed by atoms with Crippen molar-refractivity contribution in [2.45, 2.75) is 26.8 Å². The number of rotatable bonds is 7. The van der Waals surface area contributed by atoms with Gasteiger partial charge in [-0.2, -0.15) is 0 Å². The van der Waals surface area contributed by atoms with E-state index in [0.717, 1.165) is 51.5 Å². The fourth-order valence-corrected chi connectivity index (χ4v) is 2.73. The molecule has 2 rings (SSSR count). The van der Waals surface area contributed by atoms with Crippen LogP contribution in [0.2, 0.25) is 0 Å². The third-order valence-electron chi connectivity index (χ3n) is 3.98. The molecule has 1 N–H and O–H groups in total. The lowest BCUT2D eigenvalue weighted by atomic mass is 10.3. The lowest BCUT2D eigenvalue weighted by Crippen LogP contribution is -2.50. The van der Waals surface area contributed by atoms with Gasteiger partial charge in [-0.15, -0.1) is 0 Å². The van der Waals surface area contributed by atoms with Gasteiger partial charge in [0.1, 0.15) is 5.82 Å². The van der Waals surface area contributed by atoms with Crippen LogP contribution in [0, 0.1) is 0 Å². The molecule has 0 aliphatic carbocycles. The highest BCUT2D eigenvalue weighted by Gasteiger charge is 2.18. The summed E-state index contributed by atoms with van der Waals surface area (Å²) in [6, 6.07) is 0. The van der Waals surface area contributed by atoms with Crippen molar-refractivity contribution in [2.24, 2.45) is 0 Å². The number of carbonyl (C=O) groups is 1. The van der Waals surface area contributed by atoms with Gasteiger partial charge in [-0.25, -0.2) is 4.98 Å². The van der Waals surface area contributed by atoms with Crippen LogP contribution in [0.5, 0.6) is 0 Å². The molecule has 6 nitrogen and oxygen atoms in total. The molecule has 1 saturated heterocycles. The molecule has 1 aromatic heterocycles. The fourth-order valence-electron chi connectivity index (χ4n) is 2.73. The maximum absolute atomic E-state index is 11.6. The zero-order valence-electron chi connectivity index (χ0n) is 13.2. The first kappa shape index (κ1) is 16.0. The zero-order chi connectivity index (χ0) is 15.1. The Bertz CT molecular complexity index is 437. The second-order valence-electron chi connectivity index (χ2n) is 5.46. The van der Waals surface area contributed by atoms with Gasteiger partial charge in [-0.05, 0) is 6.92 Å². The lowest BCUT2D eigenvalue weighted by Gasteiger charge is -2.34. The molecule has 1 aromatic rings. The third kappa shape index (κ3) is 4.82. The van der Waals surface area contributed by atoms with Crippen molar-refractivity contribution in [3.8, 4) is 0 Å².